The van der Waals surface area contributed by atoms with Crippen LogP contribution in [0.25, 0.3) is 0 Å². The van der Waals surface area contributed by atoms with Gasteiger partial charge in [-0.05, 0) is 59.3 Å². The topological polar surface area (TPSA) is 12.5 Å². The van der Waals surface area contributed by atoms with E-state index in [-0.39, 0.29) is 23.5 Å². The minimum atomic E-state index is -0.386. The first-order valence-corrected chi connectivity index (χ1v) is 11.2. The summed E-state index contributed by atoms with van der Waals surface area (Å²) in [5, 5.41) is 0. The fourth-order valence-electron chi connectivity index (χ4n) is 5.20. The van der Waals surface area contributed by atoms with E-state index in [1.54, 1.807) is 0 Å². The molecule has 0 spiro atoms. The van der Waals surface area contributed by atoms with Crippen LogP contribution in [0.2, 0.25) is 6.82 Å². The minimum Gasteiger partial charge on any atom is -0.406 e. The highest BCUT2D eigenvalue weighted by atomic mass is 16.5. The first-order valence-electron chi connectivity index (χ1n) is 11.2. The predicted molar refractivity (Wildman–Crippen MR) is 123 cm³/mol. The van der Waals surface area contributed by atoms with Crippen molar-refractivity contribution < 1.29 is 4.65 Å². The molecule has 0 saturated carbocycles. The van der Waals surface area contributed by atoms with E-state index in [0.717, 1.165) is 6.54 Å². The Morgan fingerprint density at radius 2 is 1.28 bits per heavy atom. The van der Waals surface area contributed by atoms with Gasteiger partial charge in [-0.3, -0.25) is 0 Å². The standard InChI is InChI=1S/C26H36BNO/c1-24(2,3)19-10-14-21(15-11-19)26(23-9-8-18-28(23)27(7)29-26)22-16-12-20(13-17-22)25(4,5)6/h10-17,23H,8-9,18H2,1-7H3. The fraction of sp³-hybridized carbons (Fsp3) is 0.538. The van der Waals surface area contributed by atoms with Crippen molar-refractivity contribution in [1.82, 2.24) is 4.81 Å². The fourth-order valence-corrected chi connectivity index (χ4v) is 5.20. The lowest BCUT2D eigenvalue weighted by molar-refractivity contribution is 0.105. The van der Waals surface area contributed by atoms with Crippen molar-refractivity contribution in [2.45, 2.75) is 83.7 Å². The van der Waals surface area contributed by atoms with Gasteiger partial charge in [0.1, 0.15) is 5.60 Å². The molecule has 2 nitrogen and oxygen atoms in total. The molecular weight excluding hydrogens is 353 g/mol. The maximum Gasteiger partial charge on any atom is 0.380 e. The van der Waals surface area contributed by atoms with Crippen molar-refractivity contribution in [2.24, 2.45) is 0 Å². The van der Waals surface area contributed by atoms with Crippen LogP contribution in [0.3, 0.4) is 0 Å². The maximum absolute atomic E-state index is 6.86. The minimum absolute atomic E-state index is 0.145. The quantitative estimate of drug-likeness (QED) is 0.572. The summed E-state index contributed by atoms with van der Waals surface area (Å²) < 4.78 is 6.86. The summed E-state index contributed by atoms with van der Waals surface area (Å²) >= 11 is 0. The van der Waals surface area contributed by atoms with Gasteiger partial charge in [0.25, 0.3) is 0 Å². The van der Waals surface area contributed by atoms with E-state index in [1.165, 1.54) is 35.1 Å². The lowest BCUT2D eigenvalue weighted by Gasteiger charge is -2.37. The lowest BCUT2D eigenvalue weighted by Crippen LogP contribution is -2.41. The van der Waals surface area contributed by atoms with Crippen LogP contribution in [0, 0.1) is 0 Å². The highest BCUT2D eigenvalue weighted by Crippen LogP contribution is 2.49. The molecule has 0 N–H and O–H groups in total. The third-order valence-electron chi connectivity index (χ3n) is 6.95. The molecule has 0 radical (unpaired) electrons. The Morgan fingerprint density at radius 1 is 0.828 bits per heavy atom. The van der Waals surface area contributed by atoms with Gasteiger partial charge < -0.3 is 9.47 Å². The Balaban J connectivity index is 1.83. The Bertz CT molecular complexity index is 800. The Hall–Kier alpha value is -1.58. The van der Waals surface area contributed by atoms with E-state index in [1.807, 2.05) is 0 Å². The van der Waals surface area contributed by atoms with Crippen molar-refractivity contribution >= 4 is 7.05 Å². The molecule has 0 aliphatic carbocycles. The second-order valence-corrected chi connectivity index (χ2v) is 11.0. The van der Waals surface area contributed by atoms with Gasteiger partial charge in [-0.1, -0.05) is 90.1 Å². The molecule has 2 aliphatic heterocycles. The van der Waals surface area contributed by atoms with E-state index in [9.17, 15) is 0 Å². The van der Waals surface area contributed by atoms with Gasteiger partial charge in [-0.15, -0.1) is 0 Å². The van der Waals surface area contributed by atoms with E-state index in [4.69, 9.17) is 4.65 Å². The van der Waals surface area contributed by atoms with E-state index >= 15 is 0 Å². The zero-order valence-electron chi connectivity index (χ0n) is 19.3. The van der Waals surface area contributed by atoms with E-state index in [0.29, 0.717) is 6.04 Å². The molecule has 2 heterocycles. The molecule has 1 unspecified atom stereocenters. The van der Waals surface area contributed by atoms with Crippen molar-refractivity contribution in [1.29, 1.82) is 0 Å². The maximum atomic E-state index is 6.86. The summed E-state index contributed by atoms with van der Waals surface area (Å²) in [7, 11) is 0.145. The van der Waals surface area contributed by atoms with Crippen LogP contribution in [0.5, 0.6) is 0 Å². The molecule has 0 bridgehead atoms. The molecule has 2 aliphatic rings. The molecule has 2 aromatic carbocycles. The molecule has 154 valence electrons. The summed E-state index contributed by atoms with van der Waals surface area (Å²) in [5.74, 6) is 0. The number of nitrogens with zero attached hydrogens (tertiary/aromatic N) is 1. The molecule has 2 saturated heterocycles. The largest absolute Gasteiger partial charge is 0.406 e. The summed E-state index contributed by atoms with van der Waals surface area (Å²) in [4.78, 5) is 2.56. The molecule has 2 fully saturated rings. The van der Waals surface area contributed by atoms with Crippen LogP contribution in [0.1, 0.15) is 76.6 Å². The number of rotatable bonds is 2. The summed E-state index contributed by atoms with van der Waals surface area (Å²) in [5.41, 5.74) is 5.24. The third-order valence-corrected chi connectivity index (χ3v) is 6.95. The zero-order chi connectivity index (χ0) is 21.0. The smallest absolute Gasteiger partial charge is 0.380 e. The summed E-state index contributed by atoms with van der Waals surface area (Å²) in [6.07, 6.45) is 2.44. The Morgan fingerprint density at radius 3 is 1.69 bits per heavy atom. The Kier molecular flexibility index (Phi) is 4.99. The first kappa shape index (κ1) is 20.7. The normalized spacial score (nSPS) is 22.2. The molecule has 0 aromatic heterocycles. The Labute approximate surface area is 177 Å². The van der Waals surface area contributed by atoms with E-state index in [2.05, 4.69) is 102 Å². The number of hydrogen-bond donors (Lipinski definition) is 0. The van der Waals surface area contributed by atoms with Gasteiger partial charge >= 0.3 is 7.05 Å². The molecular formula is C26H36BNO. The van der Waals surface area contributed by atoms with Crippen LogP contribution in [0.15, 0.2) is 48.5 Å². The molecule has 4 rings (SSSR count). The number of benzene rings is 2. The zero-order valence-corrected chi connectivity index (χ0v) is 19.3. The lowest BCUT2D eigenvalue weighted by atomic mass is 9.77. The van der Waals surface area contributed by atoms with Crippen LogP contribution in [0.4, 0.5) is 0 Å². The van der Waals surface area contributed by atoms with Crippen LogP contribution >= 0.6 is 0 Å². The van der Waals surface area contributed by atoms with Gasteiger partial charge in [-0.25, -0.2) is 0 Å². The van der Waals surface area contributed by atoms with Gasteiger partial charge in [-0.2, -0.15) is 0 Å². The average molecular weight is 389 g/mol. The SMILES string of the molecule is CB1OC(c2ccc(C(C)(C)C)cc2)(c2ccc(C(C)(C)C)cc2)C2CCCN12. The van der Waals surface area contributed by atoms with Gasteiger partial charge in [0.05, 0.1) is 0 Å². The summed E-state index contributed by atoms with van der Waals surface area (Å²) in [6, 6.07) is 18.8. The predicted octanol–water partition coefficient (Wildman–Crippen LogP) is 6.14. The number of fused-ring (bicyclic) bond motifs is 1. The molecule has 0 amide bonds. The van der Waals surface area contributed by atoms with Crippen LogP contribution < -0.4 is 0 Å². The van der Waals surface area contributed by atoms with Gasteiger partial charge in [0, 0.05) is 6.04 Å². The van der Waals surface area contributed by atoms with Crippen molar-refractivity contribution in [2.75, 3.05) is 6.54 Å². The van der Waals surface area contributed by atoms with Gasteiger partial charge in [0.15, 0.2) is 0 Å². The highest BCUT2D eigenvalue weighted by Gasteiger charge is 2.56. The third kappa shape index (κ3) is 3.47. The van der Waals surface area contributed by atoms with Crippen LogP contribution in [-0.2, 0) is 21.1 Å². The highest BCUT2D eigenvalue weighted by molar-refractivity contribution is 6.48. The van der Waals surface area contributed by atoms with Crippen molar-refractivity contribution in [3.8, 4) is 0 Å². The molecule has 3 heteroatoms. The average Bonchev–Trinajstić information content (AvgIpc) is 3.24. The second-order valence-electron chi connectivity index (χ2n) is 11.0. The van der Waals surface area contributed by atoms with E-state index < -0.39 is 0 Å². The van der Waals surface area contributed by atoms with Gasteiger partial charge in [0.2, 0.25) is 0 Å². The molecule has 2 aromatic rings. The second kappa shape index (κ2) is 6.99. The van der Waals surface area contributed by atoms with Crippen LogP contribution in [-0.4, -0.2) is 24.4 Å². The van der Waals surface area contributed by atoms with Crippen molar-refractivity contribution in [3.05, 3.63) is 70.8 Å². The number of hydrogen-bond acceptors (Lipinski definition) is 2. The molecule has 1 atom stereocenters. The van der Waals surface area contributed by atoms with Crippen molar-refractivity contribution in [3.63, 3.8) is 0 Å². The summed E-state index contributed by atoms with van der Waals surface area (Å²) in [6.45, 7) is 17.0. The first-order chi connectivity index (χ1) is 13.5. The monoisotopic (exact) mass is 389 g/mol. The molecule has 29 heavy (non-hydrogen) atoms.